The van der Waals surface area contributed by atoms with Crippen molar-refractivity contribution < 1.29 is 22.3 Å². The number of ether oxygens (including phenoxy) is 1. The van der Waals surface area contributed by atoms with Crippen LogP contribution in [0.25, 0.3) is 0 Å². The molecule has 29 heavy (non-hydrogen) atoms. The Morgan fingerprint density at radius 2 is 2.03 bits per heavy atom. The van der Waals surface area contributed by atoms with E-state index in [1.165, 1.54) is 25.3 Å². The summed E-state index contributed by atoms with van der Waals surface area (Å²) in [6, 6.07) is 9.73. The van der Waals surface area contributed by atoms with Crippen LogP contribution in [0.3, 0.4) is 0 Å². The summed E-state index contributed by atoms with van der Waals surface area (Å²) in [5, 5.41) is 2.64. The zero-order valence-corrected chi connectivity index (χ0v) is 16.9. The molecule has 0 bridgehead atoms. The molecule has 0 aliphatic carbocycles. The van der Waals surface area contributed by atoms with Gasteiger partial charge in [-0.1, -0.05) is 31.9 Å². The van der Waals surface area contributed by atoms with Gasteiger partial charge < -0.3 is 10.1 Å². The summed E-state index contributed by atoms with van der Waals surface area (Å²) < 4.78 is 45.7. The maximum Gasteiger partial charge on any atom is 0.263 e. The quantitative estimate of drug-likeness (QED) is 0.721. The van der Waals surface area contributed by atoms with Crippen LogP contribution in [-0.4, -0.2) is 33.3 Å². The molecule has 0 spiro atoms. The summed E-state index contributed by atoms with van der Waals surface area (Å²) in [7, 11) is -2.34. The smallest absolute Gasteiger partial charge is 0.263 e. The van der Waals surface area contributed by atoms with Crippen molar-refractivity contribution in [1.82, 2.24) is 4.72 Å². The number of fused-ring (bicyclic) bond motifs is 1. The molecule has 2 N–H and O–H groups in total. The Balaban J connectivity index is 1.88. The van der Waals surface area contributed by atoms with Gasteiger partial charge in [0.2, 0.25) is 5.91 Å². The van der Waals surface area contributed by atoms with E-state index in [2.05, 4.69) is 15.0 Å². The predicted octanol–water partition coefficient (Wildman–Crippen LogP) is 3.07. The molecule has 0 fully saturated rings. The number of hydrogen-bond acceptors (Lipinski definition) is 5. The number of anilines is 1. The third-order valence-electron chi connectivity index (χ3n) is 4.50. The normalized spacial score (nSPS) is 16.7. The van der Waals surface area contributed by atoms with Crippen LogP contribution in [0.1, 0.15) is 31.7 Å². The molecular formula is C20H22FN3O4S. The van der Waals surface area contributed by atoms with Crippen LogP contribution >= 0.6 is 0 Å². The number of amidine groups is 1. The summed E-state index contributed by atoms with van der Waals surface area (Å²) in [5.41, 5.74) is 0.694. The van der Waals surface area contributed by atoms with Gasteiger partial charge in [-0.15, -0.1) is 0 Å². The first-order valence-electron chi connectivity index (χ1n) is 9.20. The Bertz CT molecular complexity index is 1050. The van der Waals surface area contributed by atoms with Crippen molar-refractivity contribution in [3.05, 3.63) is 53.8 Å². The summed E-state index contributed by atoms with van der Waals surface area (Å²) in [5.74, 6) is -0.834. The predicted molar refractivity (Wildman–Crippen MR) is 108 cm³/mol. The number of nitrogens with one attached hydrogen (secondary N) is 2. The lowest BCUT2D eigenvalue weighted by molar-refractivity contribution is -0.117. The highest BCUT2D eigenvalue weighted by molar-refractivity contribution is 7.90. The van der Waals surface area contributed by atoms with Gasteiger partial charge in [0.15, 0.2) is 11.6 Å². The maximum absolute atomic E-state index is 13.9. The van der Waals surface area contributed by atoms with Gasteiger partial charge in [-0.3, -0.25) is 14.5 Å². The van der Waals surface area contributed by atoms with Gasteiger partial charge in [-0.05, 0) is 30.7 Å². The first kappa shape index (κ1) is 20.8. The number of hydrogen-bond donors (Lipinski definition) is 2. The molecule has 1 unspecified atom stereocenters. The van der Waals surface area contributed by atoms with Crippen molar-refractivity contribution in [3.63, 3.8) is 0 Å². The molecule has 7 nitrogen and oxygen atoms in total. The van der Waals surface area contributed by atoms with Crippen molar-refractivity contribution in [2.45, 2.75) is 37.1 Å². The second kappa shape index (κ2) is 8.60. The number of aliphatic imine (C=N–C) groups is 1. The van der Waals surface area contributed by atoms with Crippen molar-refractivity contribution in [3.8, 4) is 5.75 Å². The molecule has 2 aromatic rings. The van der Waals surface area contributed by atoms with E-state index in [1.807, 2.05) is 6.92 Å². The molecular weight excluding hydrogens is 397 g/mol. The Labute approximate surface area is 169 Å². The average Bonchev–Trinajstić information content (AvgIpc) is 2.95. The number of sulfonamides is 1. The number of halogens is 1. The lowest BCUT2D eigenvalue weighted by Gasteiger charge is -2.14. The van der Waals surface area contributed by atoms with Crippen LogP contribution in [0, 0.1) is 5.82 Å². The molecule has 9 heteroatoms. The highest BCUT2D eigenvalue weighted by Crippen LogP contribution is 2.24. The van der Waals surface area contributed by atoms with Gasteiger partial charge >= 0.3 is 0 Å². The molecule has 1 atom stereocenters. The highest BCUT2D eigenvalue weighted by atomic mass is 32.2. The minimum atomic E-state index is -3.69. The van der Waals surface area contributed by atoms with Crippen LogP contribution in [-0.2, 0) is 14.8 Å². The highest BCUT2D eigenvalue weighted by Gasteiger charge is 2.31. The number of carbonyl (C=O) groups excluding carboxylic acids is 1. The first-order chi connectivity index (χ1) is 13.9. The zero-order chi connectivity index (χ0) is 21.0. The third-order valence-corrected chi connectivity index (χ3v) is 5.90. The van der Waals surface area contributed by atoms with E-state index in [4.69, 9.17) is 4.74 Å². The number of unbranched alkanes of at least 4 members (excludes halogenated alkanes) is 1. The fourth-order valence-corrected chi connectivity index (χ4v) is 4.25. The number of carbonyl (C=O) groups is 1. The lowest BCUT2D eigenvalue weighted by atomic mass is 10.1. The second-order valence-corrected chi connectivity index (χ2v) is 8.23. The van der Waals surface area contributed by atoms with Crippen LogP contribution in [0.5, 0.6) is 5.75 Å². The molecule has 154 valence electrons. The molecule has 0 saturated heterocycles. The third kappa shape index (κ3) is 4.56. The van der Waals surface area contributed by atoms with E-state index in [0.717, 1.165) is 18.9 Å². The summed E-state index contributed by atoms with van der Waals surface area (Å²) in [4.78, 5) is 17.3. The minimum absolute atomic E-state index is 0.0720. The largest absolute Gasteiger partial charge is 0.494 e. The summed E-state index contributed by atoms with van der Waals surface area (Å²) in [6.07, 6.45) is 1.99. The Hall–Kier alpha value is -2.94. The standard InChI is InChI=1S/C20H22FN3O4S/c1-3-4-8-16(20(25)22-13-10-11-17(28-2)15(21)12-13)23-19-14-7-5-6-9-18(14)29(26,27)24-19/h5-7,9-12,16H,3-4,8H2,1-2H3,(H,22,25)(H,23,24). The van der Waals surface area contributed by atoms with Crippen molar-refractivity contribution in [2.75, 3.05) is 12.4 Å². The van der Waals surface area contributed by atoms with E-state index < -0.39 is 27.8 Å². The molecule has 0 aromatic heterocycles. The van der Waals surface area contributed by atoms with Crippen molar-refractivity contribution in [2.24, 2.45) is 4.99 Å². The lowest BCUT2D eigenvalue weighted by Crippen LogP contribution is -2.30. The van der Waals surface area contributed by atoms with Gasteiger partial charge in [0.05, 0.1) is 12.0 Å². The Morgan fingerprint density at radius 1 is 1.28 bits per heavy atom. The molecule has 1 amide bonds. The number of benzene rings is 2. The van der Waals surface area contributed by atoms with Gasteiger partial charge in [-0.25, -0.2) is 12.8 Å². The van der Waals surface area contributed by atoms with Gasteiger partial charge in [-0.2, -0.15) is 0 Å². The van der Waals surface area contributed by atoms with E-state index in [0.29, 0.717) is 12.0 Å². The minimum Gasteiger partial charge on any atom is -0.494 e. The second-order valence-electron chi connectivity index (χ2n) is 6.58. The molecule has 0 saturated carbocycles. The molecule has 0 radical (unpaired) electrons. The Kier molecular flexibility index (Phi) is 6.17. The topological polar surface area (TPSA) is 96.9 Å². The van der Waals surface area contributed by atoms with Gasteiger partial charge in [0.25, 0.3) is 10.0 Å². The van der Waals surface area contributed by atoms with E-state index in [1.54, 1.807) is 18.2 Å². The van der Waals surface area contributed by atoms with E-state index >= 15 is 0 Å². The SMILES string of the molecule is CCCCC(N=C1NS(=O)(=O)c2ccccc21)C(=O)Nc1ccc(OC)c(F)c1. The number of amides is 1. The number of nitrogens with zero attached hydrogens (tertiary/aromatic N) is 1. The van der Waals surface area contributed by atoms with E-state index in [-0.39, 0.29) is 22.2 Å². The summed E-state index contributed by atoms with van der Waals surface area (Å²) >= 11 is 0. The van der Waals surface area contributed by atoms with Crippen LogP contribution < -0.4 is 14.8 Å². The molecule has 1 heterocycles. The average molecular weight is 419 g/mol. The Morgan fingerprint density at radius 3 is 2.72 bits per heavy atom. The maximum atomic E-state index is 13.9. The number of rotatable bonds is 7. The summed E-state index contributed by atoms with van der Waals surface area (Å²) in [6.45, 7) is 1.98. The van der Waals surface area contributed by atoms with Crippen LogP contribution in [0.15, 0.2) is 52.4 Å². The first-order valence-corrected chi connectivity index (χ1v) is 10.7. The molecule has 1 aliphatic heterocycles. The fraction of sp³-hybridized carbons (Fsp3) is 0.300. The van der Waals surface area contributed by atoms with Gasteiger partial charge in [0.1, 0.15) is 11.9 Å². The molecule has 3 rings (SSSR count). The zero-order valence-electron chi connectivity index (χ0n) is 16.1. The van der Waals surface area contributed by atoms with Crippen LogP contribution in [0.2, 0.25) is 0 Å². The molecule has 1 aliphatic rings. The monoisotopic (exact) mass is 419 g/mol. The van der Waals surface area contributed by atoms with Crippen molar-refractivity contribution in [1.29, 1.82) is 0 Å². The molecule has 2 aromatic carbocycles. The number of methoxy groups -OCH3 is 1. The fourth-order valence-electron chi connectivity index (χ4n) is 3.01. The van der Waals surface area contributed by atoms with Crippen LogP contribution in [0.4, 0.5) is 10.1 Å². The van der Waals surface area contributed by atoms with Gasteiger partial charge in [0, 0.05) is 17.3 Å². The van der Waals surface area contributed by atoms with Crippen molar-refractivity contribution >= 4 is 27.5 Å². The van der Waals surface area contributed by atoms with E-state index in [9.17, 15) is 17.6 Å².